The van der Waals surface area contributed by atoms with Crippen molar-refractivity contribution in [3.05, 3.63) is 0 Å². The van der Waals surface area contributed by atoms with Crippen molar-refractivity contribution in [2.75, 3.05) is 0 Å². The molecule has 0 rings (SSSR count). The van der Waals surface area contributed by atoms with Crippen LogP contribution in [0.1, 0.15) is 65.2 Å². The number of unbranched alkanes of at least 4 members (excludes halogenated alkanes) is 4. The summed E-state index contributed by atoms with van der Waals surface area (Å²) in [5.74, 6) is -0.693. The first-order valence-corrected chi connectivity index (χ1v) is 5.95. The summed E-state index contributed by atoms with van der Waals surface area (Å²) in [7, 11) is 0. The zero-order valence-electron chi connectivity index (χ0n) is 9.59. The molecule has 0 fully saturated rings. The Morgan fingerprint density at radius 2 is 1.53 bits per heavy atom. The fourth-order valence-corrected chi connectivity index (χ4v) is 1.66. The molecule has 88 valence electrons. The van der Waals surface area contributed by atoms with Gasteiger partial charge in [-0.05, 0) is 12.8 Å². The van der Waals surface area contributed by atoms with Crippen LogP contribution in [0.15, 0.2) is 0 Å². The summed E-state index contributed by atoms with van der Waals surface area (Å²) in [5, 5.41) is 8.96. The minimum atomic E-state index is -0.602. The first-order valence-electron chi connectivity index (χ1n) is 5.95. The summed E-state index contributed by atoms with van der Waals surface area (Å²) in [4.78, 5) is 10.9. The Kier molecular flexibility index (Phi) is 14.5. The molecule has 0 bridgehead atoms. The fraction of sp³-hybridized carbons (Fsp3) is 0.917. The smallest absolute Gasteiger partial charge is 0.316 e. The summed E-state index contributed by atoms with van der Waals surface area (Å²) < 4.78 is 0. The van der Waals surface area contributed by atoms with Gasteiger partial charge >= 0.3 is 29.0 Å². The molecule has 0 heterocycles. The molecular formula is C12H26MgO2. The number of aliphatic carboxylic acids is 1. The van der Waals surface area contributed by atoms with E-state index in [-0.39, 0.29) is 29.0 Å². The average Bonchev–Trinajstić information content (AvgIpc) is 2.16. The van der Waals surface area contributed by atoms with Crippen LogP contribution in [-0.2, 0) is 4.79 Å². The van der Waals surface area contributed by atoms with Gasteiger partial charge in [-0.15, -0.1) is 0 Å². The standard InChI is InChI=1S/C12H24O2.Mg.2H/c1-3-5-7-8-10-11(12(13)14)9-6-4-2;;;/h11H,3-10H2,1-2H3,(H,13,14);;;. The third-order valence-corrected chi connectivity index (χ3v) is 2.66. The van der Waals surface area contributed by atoms with Gasteiger partial charge < -0.3 is 5.11 Å². The van der Waals surface area contributed by atoms with E-state index in [0.717, 1.165) is 32.1 Å². The third kappa shape index (κ3) is 10.5. The second kappa shape index (κ2) is 12.3. The van der Waals surface area contributed by atoms with Crippen LogP contribution in [0.2, 0.25) is 0 Å². The molecule has 0 aromatic carbocycles. The molecule has 15 heavy (non-hydrogen) atoms. The van der Waals surface area contributed by atoms with Gasteiger partial charge in [0.1, 0.15) is 0 Å². The molecule has 0 radical (unpaired) electrons. The molecule has 0 saturated carbocycles. The van der Waals surface area contributed by atoms with Crippen molar-refractivity contribution in [3.63, 3.8) is 0 Å². The van der Waals surface area contributed by atoms with Crippen LogP contribution in [0, 0.1) is 5.92 Å². The molecule has 1 N–H and O–H groups in total. The monoisotopic (exact) mass is 226 g/mol. The van der Waals surface area contributed by atoms with Crippen LogP contribution >= 0.6 is 0 Å². The number of carboxylic acid groups (broad SMARTS) is 1. The third-order valence-electron chi connectivity index (χ3n) is 2.66. The molecular weight excluding hydrogens is 200 g/mol. The first-order chi connectivity index (χ1) is 6.72. The van der Waals surface area contributed by atoms with Crippen molar-refractivity contribution in [2.24, 2.45) is 5.92 Å². The van der Waals surface area contributed by atoms with Gasteiger partial charge in [0.25, 0.3) is 0 Å². The minimum absolute atomic E-state index is 0. The van der Waals surface area contributed by atoms with Gasteiger partial charge in [-0.2, -0.15) is 0 Å². The zero-order valence-corrected chi connectivity index (χ0v) is 9.59. The van der Waals surface area contributed by atoms with Gasteiger partial charge in [0, 0.05) is 0 Å². The van der Waals surface area contributed by atoms with E-state index < -0.39 is 5.97 Å². The van der Waals surface area contributed by atoms with Crippen LogP contribution in [0.3, 0.4) is 0 Å². The zero-order chi connectivity index (χ0) is 10.8. The van der Waals surface area contributed by atoms with Gasteiger partial charge in [-0.1, -0.05) is 52.4 Å². The Morgan fingerprint density at radius 1 is 1.00 bits per heavy atom. The lowest BCUT2D eigenvalue weighted by atomic mass is 9.95. The summed E-state index contributed by atoms with van der Waals surface area (Å²) >= 11 is 0. The molecule has 0 aliphatic rings. The number of rotatable bonds is 9. The second-order valence-electron chi connectivity index (χ2n) is 4.03. The van der Waals surface area contributed by atoms with Gasteiger partial charge in [-0.25, -0.2) is 0 Å². The maximum absolute atomic E-state index is 10.9. The van der Waals surface area contributed by atoms with Crippen molar-refractivity contribution < 1.29 is 9.90 Å². The van der Waals surface area contributed by atoms with Crippen LogP contribution < -0.4 is 0 Å². The topological polar surface area (TPSA) is 37.3 Å². The first kappa shape index (κ1) is 17.6. The van der Waals surface area contributed by atoms with Crippen molar-refractivity contribution in [1.82, 2.24) is 0 Å². The van der Waals surface area contributed by atoms with Gasteiger partial charge in [0.15, 0.2) is 0 Å². The van der Waals surface area contributed by atoms with Crippen molar-refractivity contribution in [2.45, 2.75) is 65.2 Å². The molecule has 0 saturated heterocycles. The maximum Gasteiger partial charge on any atom is 0.316 e. The quantitative estimate of drug-likeness (QED) is 0.485. The van der Waals surface area contributed by atoms with Crippen molar-refractivity contribution >= 4 is 29.0 Å². The Labute approximate surface area is 110 Å². The van der Waals surface area contributed by atoms with E-state index in [1.54, 1.807) is 0 Å². The van der Waals surface area contributed by atoms with Crippen LogP contribution in [-0.4, -0.2) is 34.1 Å². The summed E-state index contributed by atoms with van der Waals surface area (Å²) in [5.41, 5.74) is 0. The normalized spacial score (nSPS) is 11.9. The lowest BCUT2D eigenvalue weighted by Crippen LogP contribution is -2.13. The van der Waals surface area contributed by atoms with E-state index in [1.165, 1.54) is 19.3 Å². The summed E-state index contributed by atoms with van der Waals surface area (Å²) in [6.45, 7) is 4.28. The van der Waals surface area contributed by atoms with Crippen LogP contribution in [0.4, 0.5) is 0 Å². The van der Waals surface area contributed by atoms with E-state index in [1.807, 2.05) is 0 Å². The highest BCUT2D eigenvalue weighted by Crippen LogP contribution is 2.17. The maximum atomic E-state index is 10.9. The van der Waals surface area contributed by atoms with E-state index in [0.29, 0.717) is 0 Å². The van der Waals surface area contributed by atoms with Crippen LogP contribution in [0.5, 0.6) is 0 Å². The largest absolute Gasteiger partial charge is 0.481 e. The van der Waals surface area contributed by atoms with Gasteiger partial charge in [0.2, 0.25) is 0 Å². The van der Waals surface area contributed by atoms with Crippen molar-refractivity contribution in [1.29, 1.82) is 0 Å². The SMILES string of the molecule is CCCCCCC(CCCC)C(=O)O.[MgH2]. The lowest BCUT2D eigenvalue weighted by molar-refractivity contribution is -0.142. The molecule has 3 heteroatoms. The molecule has 2 nitrogen and oxygen atoms in total. The number of carboxylic acids is 1. The molecule has 0 aromatic rings. The number of hydrogen-bond donors (Lipinski definition) is 1. The summed E-state index contributed by atoms with van der Waals surface area (Å²) in [6, 6.07) is 0. The Hall–Kier alpha value is 0.236. The Morgan fingerprint density at radius 3 is 2.00 bits per heavy atom. The minimum Gasteiger partial charge on any atom is -0.481 e. The Balaban J connectivity index is 0. The molecule has 1 atom stereocenters. The predicted molar refractivity (Wildman–Crippen MR) is 68.0 cm³/mol. The lowest BCUT2D eigenvalue weighted by Gasteiger charge is -2.10. The highest BCUT2D eigenvalue weighted by molar-refractivity contribution is 5.75. The van der Waals surface area contributed by atoms with E-state index in [9.17, 15) is 4.79 Å². The molecule has 0 aromatic heterocycles. The average molecular weight is 227 g/mol. The fourth-order valence-electron chi connectivity index (χ4n) is 1.66. The second-order valence-corrected chi connectivity index (χ2v) is 4.03. The Bertz CT molecular complexity index is 149. The van der Waals surface area contributed by atoms with Crippen LogP contribution in [0.25, 0.3) is 0 Å². The molecule has 0 aliphatic carbocycles. The van der Waals surface area contributed by atoms with Gasteiger partial charge in [0.05, 0.1) is 5.92 Å². The van der Waals surface area contributed by atoms with Gasteiger partial charge in [-0.3, -0.25) is 4.79 Å². The molecule has 0 spiro atoms. The summed E-state index contributed by atoms with van der Waals surface area (Å²) in [6.07, 6.45) is 8.59. The predicted octanol–water partition coefficient (Wildman–Crippen LogP) is 2.93. The molecule has 0 aliphatic heterocycles. The van der Waals surface area contributed by atoms with E-state index >= 15 is 0 Å². The molecule has 0 amide bonds. The van der Waals surface area contributed by atoms with E-state index in [2.05, 4.69) is 13.8 Å². The molecule has 1 unspecified atom stereocenters. The number of carbonyl (C=O) groups is 1. The highest BCUT2D eigenvalue weighted by Gasteiger charge is 2.15. The highest BCUT2D eigenvalue weighted by atomic mass is 24.3. The van der Waals surface area contributed by atoms with Crippen molar-refractivity contribution in [3.8, 4) is 0 Å². The number of hydrogen-bond acceptors (Lipinski definition) is 1. The van der Waals surface area contributed by atoms with E-state index in [4.69, 9.17) is 5.11 Å².